The molecule has 1 atom stereocenters. The summed E-state index contributed by atoms with van der Waals surface area (Å²) in [6.07, 6.45) is 0.911. The fraction of sp³-hybridized carbons (Fsp3) is 0.350. The molecule has 1 unspecified atom stereocenters. The van der Waals surface area contributed by atoms with Crippen molar-refractivity contribution < 1.29 is 17.9 Å². The zero-order valence-electron chi connectivity index (χ0n) is 15.6. The molecule has 6 nitrogen and oxygen atoms in total. The van der Waals surface area contributed by atoms with Gasteiger partial charge in [-0.15, -0.1) is 0 Å². The molecule has 0 aliphatic rings. The summed E-state index contributed by atoms with van der Waals surface area (Å²) < 4.78 is 31.5. The van der Waals surface area contributed by atoms with Crippen LogP contribution in [0.2, 0.25) is 0 Å². The molecule has 2 aromatic rings. The van der Waals surface area contributed by atoms with Crippen LogP contribution >= 0.6 is 0 Å². The Hall–Kier alpha value is -2.22. The van der Waals surface area contributed by atoms with Gasteiger partial charge in [0.1, 0.15) is 0 Å². The van der Waals surface area contributed by atoms with Crippen molar-refractivity contribution in [3.63, 3.8) is 0 Å². The summed E-state index contributed by atoms with van der Waals surface area (Å²) in [6.45, 7) is 3.09. The van der Waals surface area contributed by atoms with Crippen molar-refractivity contribution in [2.24, 2.45) is 0 Å². The maximum atomic E-state index is 12.4. The van der Waals surface area contributed by atoms with Crippen LogP contribution in [0.4, 0.5) is 0 Å². The number of hydrogen-bond acceptors (Lipinski definition) is 4. The van der Waals surface area contributed by atoms with Crippen LogP contribution in [0.15, 0.2) is 59.5 Å². The first-order chi connectivity index (χ1) is 13.0. The van der Waals surface area contributed by atoms with Crippen LogP contribution in [-0.4, -0.2) is 41.1 Å². The number of carbonyl (C=O) groups excluding carboxylic acids is 1. The van der Waals surface area contributed by atoms with Crippen LogP contribution < -0.4 is 10.0 Å². The lowest BCUT2D eigenvalue weighted by Crippen LogP contribution is -2.29. The molecule has 7 heteroatoms. The van der Waals surface area contributed by atoms with Gasteiger partial charge in [-0.1, -0.05) is 37.3 Å². The van der Waals surface area contributed by atoms with E-state index in [9.17, 15) is 13.2 Å². The summed E-state index contributed by atoms with van der Waals surface area (Å²) in [6, 6.07) is 15.9. The lowest BCUT2D eigenvalue weighted by atomic mass is 9.96. The Labute approximate surface area is 161 Å². The molecule has 146 valence electrons. The fourth-order valence-corrected chi connectivity index (χ4v) is 3.70. The molecule has 2 N–H and O–H groups in total. The van der Waals surface area contributed by atoms with Gasteiger partial charge in [0.25, 0.3) is 5.91 Å². The van der Waals surface area contributed by atoms with Crippen LogP contribution in [0.3, 0.4) is 0 Å². The number of benzene rings is 2. The second-order valence-electron chi connectivity index (χ2n) is 6.14. The van der Waals surface area contributed by atoms with Gasteiger partial charge in [0, 0.05) is 31.7 Å². The number of methoxy groups -OCH3 is 1. The number of carbonyl (C=O) groups is 1. The van der Waals surface area contributed by atoms with Crippen LogP contribution in [0.5, 0.6) is 0 Å². The third-order valence-electron chi connectivity index (χ3n) is 4.30. The van der Waals surface area contributed by atoms with E-state index in [1.165, 1.54) is 36.9 Å². The van der Waals surface area contributed by atoms with Gasteiger partial charge in [-0.05, 0) is 36.2 Å². The molecule has 2 aromatic carbocycles. The monoisotopic (exact) mass is 390 g/mol. The standard InChI is InChI=1S/C20H26N2O4S/c1-3-16(17-7-5-4-6-8-17)15-21-20(23)18-9-11-19(12-10-18)27(24,25)22-13-14-26-2/h4-12,16,22H,3,13-15H2,1-2H3,(H,21,23). The van der Waals surface area contributed by atoms with E-state index in [0.29, 0.717) is 18.7 Å². The molecule has 1 amide bonds. The zero-order valence-corrected chi connectivity index (χ0v) is 16.5. The minimum Gasteiger partial charge on any atom is -0.383 e. The van der Waals surface area contributed by atoms with Crippen molar-refractivity contribution in [1.29, 1.82) is 0 Å². The molecule has 0 spiro atoms. The molecule has 0 heterocycles. The van der Waals surface area contributed by atoms with Gasteiger partial charge in [0.05, 0.1) is 11.5 Å². The van der Waals surface area contributed by atoms with Crippen LogP contribution in [0.1, 0.15) is 35.2 Å². The predicted molar refractivity (Wildman–Crippen MR) is 105 cm³/mol. The molecule has 0 aromatic heterocycles. The highest BCUT2D eigenvalue weighted by Crippen LogP contribution is 2.18. The average molecular weight is 391 g/mol. The summed E-state index contributed by atoms with van der Waals surface area (Å²) in [5.41, 5.74) is 1.61. The second-order valence-corrected chi connectivity index (χ2v) is 7.91. The van der Waals surface area contributed by atoms with E-state index in [1.807, 2.05) is 18.2 Å². The normalized spacial score (nSPS) is 12.5. The van der Waals surface area contributed by atoms with E-state index in [0.717, 1.165) is 6.42 Å². The maximum Gasteiger partial charge on any atom is 0.251 e. The summed E-state index contributed by atoms with van der Waals surface area (Å²) >= 11 is 0. The van der Waals surface area contributed by atoms with Gasteiger partial charge in [-0.2, -0.15) is 0 Å². The molecule has 0 saturated heterocycles. The number of hydrogen-bond donors (Lipinski definition) is 2. The molecule has 0 saturated carbocycles. The average Bonchev–Trinajstić information content (AvgIpc) is 2.69. The first-order valence-corrected chi connectivity index (χ1v) is 10.4. The minimum absolute atomic E-state index is 0.117. The first-order valence-electron chi connectivity index (χ1n) is 8.89. The van der Waals surface area contributed by atoms with Crippen molar-refractivity contribution >= 4 is 15.9 Å². The molecule has 0 fully saturated rings. The van der Waals surface area contributed by atoms with Gasteiger partial charge < -0.3 is 10.1 Å². The van der Waals surface area contributed by atoms with Crippen LogP contribution in [-0.2, 0) is 14.8 Å². The Bertz CT molecular complexity index is 821. The third kappa shape index (κ3) is 6.16. The highest BCUT2D eigenvalue weighted by atomic mass is 32.2. The topological polar surface area (TPSA) is 84.5 Å². The summed E-state index contributed by atoms with van der Waals surface area (Å²) in [5, 5.41) is 2.93. The predicted octanol–water partition coefficient (Wildman–Crippen LogP) is 2.53. The van der Waals surface area contributed by atoms with E-state index >= 15 is 0 Å². The van der Waals surface area contributed by atoms with Crippen molar-refractivity contribution in [3.8, 4) is 0 Å². The molecule has 0 radical (unpaired) electrons. The SMILES string of the molecule is CCC(CNC(=O)c1ccc(S(=O)(=O)NCCOC)cc1)c1ccccc1. The molecule has 27 heavy (non-hydrogen) atoms. The third-order valence-corrected chi connectivity index (χ3v) is 5.77. The van der Waals surface area contributed by atoms with Crippen LogP contribution in [0.25, 0.3) is 0 Å². The van der Waals surface area contributed by atoms with Crippen molar-refractivity contribution in [2.45, 2.75) is 24.2 Å². The molecule has 2 rings (SSSR count). The van der Waals surface area contributed by atoms with E-state index < -0.39 is 10.0 Å². The molecular formula is C20H26N2O4S. The van der Waals surface area contributed by atoms with Gasteiger partial charge in [-0.3, -0.25) is 4.79 Å². The lowest BCUT2D eigenvalue weighted by molar-refractivity contribution is 0.0951. The maximum absolute atomic E-state index is 12.4. The first kappa shape index (κ1) is 21.1. The van der Waals surface area contributed by atoms with Crippen molar-refractivity contribution in [1.82, 2.24) is 10.0 Å². The van der Waals surface area contributed by atoms with Crippen molar-refractivity contribution in [2.75, 3.05) is 26.8 Å². The van der Waals surface area contributed by atoms with Crippen molar-refractivity contribution in [3.05, 3.63) is 65.7 Å². The van der Waals surface area contributed by atoms with Crippen LogP contribution in [0, 0.1) is 0 Å². The summed E-state index contributed by atoms with van der Waals surface area (Å²) in [4.78, 5) is 12.5. The number of sulfonamides is 1. The van der Waals surface area contributed by atoms with E-state index in [-0.39, 0.29) is 23.3 Å². The quantitative estimate of drug-likeness (QED) is 0.611. The minimum atomic E-state index is -3.60. The number of ether oxygens (including phenoxy) is 1. The van der Waals surface area contributed by atoms with Gasteiger partial charge >= 0.3 is 0 Å². The zero-order chi connectivity index (χ0) is 19.7. The number of nitrogens with one attached hydrogen (secondary N) is 2. The van der Waals surface area contributed by atoms with Gasteiger partial charge in [-0.25, -0.2) is 13.1 Å². The van der Waals surface area contributed by atoms with E-state index in [1.54, 1.807) is 0 Å². The highest BCUT2D eigenvalue weighted by molar-refractivity contribution is 7.89. The van der Waals surface area contributed by atoms with Gasteiger partial charge in [0.15, 0.2) is 0 Å². The summed E-state index contributed by atoms with van der Waals surface area (Å²) in [7, 11) is -2.10. The molecule has 0 aliphatic heterocycles. The van der Waals surface area contributed by atoms with Gasteiger partial charge in [0.2, 0.25) is 10.0 Å². The number of amides is 1. The Morgan fingerprint density at radius 3 is 2.33 bits per heavy atom. The molecule has 0 aliphatic carbocycles. The van der Waals surface area contributed by atoms with E-state index in [2.05, 4.69) is 29.1 Å². The molecule has 0 bridgehead atoms. The summed E-state index contributed by atoms with van der Waals surface area (Å²) in [5.74, 6) is 0.0143. The Kier molecular flexibility index (Phi) is 7.97. The smallest absolute Gasteiger partial charge is 0.251 e. The van der Waals surface area contributed by atoms with E-state index in [4.69, 9.17) is 4.74 Å². The number of rotatable bonds is 10. The second kappa shape index (κ2) is 10.2. The Balaban J connectivity index is 1.97. The molecular weight excluding hydrogens is 364 g/mol. The fourth-order valence-electron chi connectivity index (χ4n) is 2.69. The lowest BCUT2D eigenvalue weighted by Gasteiger charge is -2.16. The largest absolute Gasteiger partial charge is 0.383 e. The Morgan fingerprint density at radius 2 is 1.74 bits per heavy atom. The Morgan fingerprint density at radius 1 is 1.07 bits per heavy atom. The highest BCUT2D eigenvalue weighted by Gasteiger charge is 2.15.